The Morgan fingerprint density at radius 3 is 2.61 bits per heavy atom. The molecule has 0 radical (unpaired) electrons. The molecule has 0 bridgehead atoms. The smallest absolute Gasteiger partial charge is 0.238 e. The van der Waals surface area contributed by atoms with Crippen molar-refractivity contribution in [2.75, 3.05) is 38.3 Å². The van der Waals surface area contributed by atoms with E-state index in [9.17, 15) is 9.59 Å². The van der Waals surface area contributed by atoms with Gasteiger partial charge in [0.1, 0.15) is 0 Å². The number of nitrogens with zero attached hydrogens (tertiary/aromatic N) is 2. The molecule has 2 amide bonds. The molecular formula is C23H26N2O3. The zero-order chi connectivity index (χ0) is 19.6. The summed E-state index contributed by atoms with van der Waals surface area (Å²) < 4.78 is 5.49. The molecule has 1 fully saturated rings. The van der Waals surface area contributed by atoms with E-state index in [2.05, 4.69) is 0 Å². The fourth-order valence-corrected chi connectivity index (χ4v) is 4.43. The Morgan fingerprint density at radius 2 is 1.79 bits per heavy atom. The molecule has 0 saturated carbocycles. The van der Waals surface area contributed by atoms with Crippen molar-refractivity contribution in [2.45, 2.75) is 24.7 Å². The number of hydrogen-bond acceptors (Lipinski definition) is 3. The van der Waals surface area contributed by atoms with Crippen LogP contribution >= 0.6 is 0 Å². The molecule has 5 nitrogen and oxygen atoms in total. The molecule has 2 aliphatic heterocycles. The third kappa shape index (κ3) is 3.31. The van der Waals surface area contributed by atoms with E-state index in [1.165, 1.54) is 0 Å². The molecule has 5 heteroatoms. The number of amides is 2. The fraction of sp³-hybridized carbons (Fsp3) is 0.391. The lowest BCUT2D eigenvalue weighted by molar-refractivity contribution is -0.136. The van der Waals surface area contributed by atoms with Gasteiger partial charge in [0.15, 0.2) is 0 Å². The molecule has 28 heavy (non-hydrogen) atoms. The second-order valence-electron chi connectivity index (χ2n) is 7.65. The maximum atomic E-state index is 13.5. The zero-order valence-electron chi connectivity index (χ0n) is 16.3. The van der Waals surface area contributed by atoms with Crippen LogP contribution in [0, 0.1) is 0 Å². The van der Waals surface area contributed by atoms with Crippen LogP contribution in [0.1, 0.15) is 24.0 Å². The van der Waals surface area contributed by atoms with E-state index in [-0.39, 0.29) is 18.2 Å². The minimum absolute atomic E-state index is 0.00280. The van der Waals surface area contributed by atoms with E-state index < -0.39 is 5.41 Å². The van der Waals surface area contributed by atoms with Gasteiger partial charge in [-0.05, 0) is 30.0 Å². The first kappa shape index (κ1) is 18.7. The van der Waals surface area contributed by atoms with Gasteiger partial charge in [-0.1, -0.05) is 48.5 Å². The Kier molecular flexibility index (Phi) is 5.18. The predicted octanol–water partition coefficient (Wildman–Crippen LogP) is 2.78. The topological polar surface area (TPSA) is 49.9 Å². The molecule has 2 aromatic rings. The van der Waals surface area contributed by atoms with E-state index in [1.807, 2.05) is 59.5 Å². The number of rotatable bonds is 4. The maximum absolute atomic E-state index is 13.5. The van der Waals surface area contributed by atoms with Gasteiger partial charge in [-0.2, -0.15) is 0 Å². The van der Waals surface area contributed by atoms with E-state index in [0.29, 0.717) is 32.7 Å². The molecule has 1 atom stereocenters. The van der Waals surface area contributed by atoms with Crippen LogP contribution in [0.25, 0.3) is 0 Å². The van der Waals surface area contributed by atoms with Crippen molar-refractivity contribution in [3.8, 4) is 0 Å². The minimum Gasteiger partial charge on any atom is -0.380 e. The molecule has 1 saturated heterocycles. The second kappa shape index (κ2) is 7.76. The lowest BCUT2D eigenvalue weighted by Crippen LogP contribution is -2.46. The van der Waals surface area contributed by atoms with Gasteiger partial charge in [-0.15, -0.1) is 0 Å². The van der Waals surface area contributed by atoms with Gasteiger partial charge in [-0.3, -0.25) is 9.59 Å². The highest BCUT2D eigenvalue weighted by Crippen LogP contribution is 2.45. The predicted molar refractivity (Wildman–Crippen MR) is 108 cm³/mol. The van der Waals surface area contributed by atoms with Crippen molar-refractivity contribution >= 4 is 17.5 Å². The number of ether oxygens (including phenoxy) is 1. The number of carbonyl (C=O) groups is 2. The summed E-state index contributed by atoms with van der Waals surface area (Å²) in [6.45, 7) is 2.52. The maximum Gasteiger partial charge on any atom is 0.238 e. The monoisotopic (exact) mass is 378 g/mol. The van der Waals surface area contributed by atoms with Gasteiger partial charge < -0.3 is 14.5 Å². The van der Waals surface area contributed by atoms with Gasteiger partial charge in [0.25, 0.3) is 0 Å². The standard InChI is InChI=1S/C23H26N2O3/c1-24-20-11-6-5-10-19(20)23(22(24)27,16-18-8-3-2-4-9-18)17-21(26)25-12-7-14-28-15-13-25/h2-6,8-11H,7,12-17H2,1H3/t23-/m1/s1. The van der Waals surface area contributed by atoms with Gasteiger partial charge in [-0.25, -0.2) is 0 Å². The molecule has 2 aliphatic rings. The third-order valence-corrected chi connectivity index (χ3v) is 5.87. The summed E-state index contributed by atoms with van der Waals surface area (Å²) in [5.74, 6) is 0.0249. The zero-order valence-corrected chi connectivity index (χ0v) is 16.3. The second-order valence-corrected chi connectivity index (χ2v) is 7.65. The number of anilines is 1. The van der Waals surface area contributed by atoms with E-state index in [0.717, 1.165) is 23.2 Å². The molecular weight excluding hydrogens is 352 g/mol. The van der Waals surface area contributed by atoms with E-state index in [1.54, 1.807) is 11.9 Å². The molecule has 0 N–H and O–H groups in total. The Morgan fingerprint density at radius 1 is 1.04 bits per heavy atom. The number of likely N-dealkylation sites (N-methyl/N-ethyl adjacent to an activating group) is 1. The van der Waals surface area contributed by atoms with Crippen LogP contribution in [0.4, 0.5) is 5.69 Å². The highest BCUT2D eigenvalue weighted by Gasteiger charge is 2.51. The van der Waals surface area contributed by atoms with Crippen LogP contribution in [-0.4, -0.2) is 50.1 Å². The van der Waals surface area contributed by atoms with Crippen LogP contribution in [0.5, 0.6) is 0 Å². The van der Waals surface area contributed by atoms with Crippen molar-refractivity contribution < 1.29 is 14.3 Å². The number of para-hydroxylation sites is 1. The van der Waals surface area contributed by atoms with Gasteiger partial charge in [0.05, 0.1) is 12.0 Å². The van der Waals surface area contributed by atoms with Crippen LogP contribution in [0.2, 0.25) is 0 Å². The minimum atomic E-state index is -0.864. The highest BCUT2D eigenvalue weighted by atomic mass is 16.5. The van der Waals surface area contributed by atoms with Crippen molar-refractivity contribution in [3.05, 3.63) is 65.7 Å². The Balaban J connectivity index is 1.72. The number of fused-ring (bicyclic) bond motifs is 1. The normalized spacial score (nSPS) is 22.1. The highest BCUT2D eigenvalue weighted by molar-refractivity contribution is 6.09. The Labute approximate surface area is 165 Å². The third-order valence-electron chi connectivity index (χ3n) is 5.87. The van der Waals surface area contributed by atoms with Crippen molar-refractivity contribution in [2.24, 2.45) is 0 Å². The lowest BCUT2D eigenvalue weighted by Gasteiger charge is -2.31. The molecule has 2 heterocycles. The average molecular weight is 378 g/mol. The summed E-state index contributed by atoms with van der Waals surface area (Å²) in [5.41, 5.74) is 2.05. The largest absolute Gasteiger partial charge is 0.380 e. The van der Waals surface area contributed by atoms with Crippen LogP contribution in [-0.2, 0) is 26.2 Å². The van der Waals surface area contributed by atoms with Gasteiger partial charge in [0, 0.05) is 38.9 Å². The molecule has 146 valence electrons. The Bertz CT molecular complexity index is 859. The lowest BCUT2D eigenvalue weighted by atomic mass is 9.73. The number of hydrogen-bond donors (Lipinski definition) is 0. The van der Waals surface area contributed by atoms with Crippen LogP contribution in [0.3, 0.4) is 0 Å². The molecule has 0 aliphatic carbocycles. The SMILES string of the molecule is CN1C(=O)[C@@](CC(=O)N2CCCOCC2)(Cc2ccccc2)c2ccccc21. The fourth-order valence-electron chi connectivity index (χ4n) is 4.43. The molecule has 0 aromatic heterocycles. The van der Waals surface area contributed by atoms with E-state index >= 15 is 0 Å². The first-order valence-electron chi connectivity index (χ1n) is 9.89. The molecule has 2 aromatic carbocycles. The molecule has 0 unspecified atom stereocenters. The summed E-state index contributed by atoms with van der Waals surface area (Å²) >= 11 is 0. The quantitative estimate of drug-likeness (QED) is 0.822. The summed E-state index contributed by atoms with van der Waals surface area (Å²) in [6.07, 6.45) is 1.54. The van der Waals surface area contributed by atoms with E-state index in [4.69, 9.17) is 4.74 Å². The van der Waals surface area contributed by atoms with Crippen LogP contribution in [0.15, 0.2) is 54.6 Å². The summed E-state index contributed by atoms with van der Waals surface area (Å²) in [4.78, 5) is 30.3. The van der Waals surface area contributed by atoms with Crippen molar-refractivity contribution in [3.63, 3.8) is 0 Å². The van der Waals surface area contributed by atoms with Crippen molar-refractivity contribution in [1.29, 1.82) is 0 Å². The van der Waals surface area contributed by atoms with Gasteiger partial charge >= 0.3 is 0 Å². The Hall–Kier alpha value is -2.66. The summed E-state index contributed by atoms with van der Waals surface area (Å²) in [7, 11) is 1.80. The molecule has 0 spiro atoms. The first-order valence-corrected chi connectivity index (χ1v) is 9.89. The average Bonchev–Trinajstić information content (AvgIpc) is 2.93. The van der Waals surface area contributed by atoms with Crippen LogP contribution < -0.4 is 4.90 Å². The molecule has 4 rings (SSSR count). The summed E-state index contributed by atoms with van der Waals surface area (Å²) in [6, 6.07) is 17.8. The number of carbonyl (C=O) groups excluding carboxylic acids is 2. The first-order chi connectivity index (χ1) is 13.6. The van der Waals surface area contributed by atoms with Gasteiger partial charge in [0.2, 0.25) is 11.8 Å². The van der Waals surface area contributed by atoms with Crippen molar-refractivity contribution in [1.82, 2.24) is 4.90 Å². The summed E-state index contributed by atoms with van der Waals surface area (Å²) in [5, 5.41) is 0. The number of benzene rings is 2.